The third-order valence-electron chi connectivity index (χ3n) is 5.74. The summed E-state index contributed by atoms with van der Waals surface area (Å²) < 4.78 is 13.5. The van der Waals surface area contributed by atoms with E-state index in [0.717, 1.165) is 29.8 Å². The van der Waals surface area contributed by atoms with Crippen molar-refractivity contribution in [2.45, 2.75) is 58.2 Å². The lowest BCUT2D eigenvalue weighted by Gasteiger charge is -2.47. The Balaban J connectivity index is 1.46. The van der Waals surface area contributed by atoms with E-state index in [1.165, 1.54) is 6.33 Å². The van der Waals surface area contributed by atoms with Crippen molar-refractivity contribution in [3.05, 3.63) is 23.3 Å². The number of fused-ring (bicyclic) bond motifs is 1. The number of ether oxygens (including phenoxy) is 2. The first-order chi connectivity index (χ1) is 13.0. The van der Waals surface area contributed by atoms with Crippen LogP contribution in [0.2, 0.25) is 0 Å². The van der Waals surface area contributed by atoms with Crippen LogP contribution in [0.5, 0.6) is 0 Å². The number of rotatable bonds is 3. The third-order valence-corrected chi connectivity index (χ3v) is 5.74. The molecular formula is C19H27N5O3. The molecule has 2 aromatic heterocycles. The highest BCUT2D eigenvalue weighted by molar-refractivity contribution is 5.76. The van der Waals surface area contributed by atoms with Crippen molar-refractivity contribution in [2.75, 3.05) is 26.3 Å². The van der Waals surface area contributed by atoms with Gasteiger partial charge in [-0.15, -0.1) is 0 Å². The summed E-state index contributed by atoms with van der Waals surface area (Å²) in [5, 5.41) is 4.22. The Morgan fingerprint density at radius 3 is 2.89 bits per heavy atom. The molecule has 27 heavy (non-hydrogen) atoms. The van der Waals surface area contributed by atoms with Crippen molar-refractivity contribution in [1.82, 2.24) is 24.5 Å². The van der Waals surface area contributed by atoms with Crippen molar-refractivity contribution in [2.24, 2.45) is 0 Å². The van der Waals surface area contributed by atoms with Crippen LogP contribution >= 0.6 is 0 Å². The minimum Gasteiger partial charge on any atom is -0.381 e. The van der Waals surface area contributed by atoms with Gasteiger partial charge in [-0.1, -0.05) is 0 Å². The highest BCUT2D eigenvalue weighted by Gasteiger charge is 2.42. The fraction of sp³-hybridized carbons (Fsp3) is 0.684. The Hall–Kier alpha value is -2.06. The molecule has 4 heterocycles. The topological polar surface area (TPSA) is 81.9 Å². The zero-order valence-electron chi connectivity index (χ0n) is 16.3. The second-order valence-corrected chi connectivity index (χ2v) is 7.73. The van der Waals surface area contributed by atoms with E-state index in [1.54, 1.807) is 4.52 Å². The molecule has 8 heteroatoms. The number of aryl methyl sites for hydroxylation is 2. The lowest BCUT2D eigenvalue weighted by Crippen LogP contribution is -2.58. The maximum atomic E-state index is 13.0. The number of amides is 1. The van der Waals surface area contributed by atoms with Gasteiger partial charge >= 0.3 is 0 Å². The van der Waals surface area contributed by atoms with Crippen LogP contribution in [0, 0.1) is 13.8 Å². The fourth-order valence-electron chi connectivity index (χ4n) is 4.34. The van der Waals surface area contributed by atoms with Crippen molar-refractivity contribution < 1.29 is 14.3 Å². The molecule has 0 radical (unpaired) electrons. The van der Waals surface area contributed by atoms with Crippen molar-refractivity contribution in [1.29, 1.82) is 0 Å². The van der Waals surface area contributed by atoms with Crippen molar-refractivity contribution >= 4 is 11.7 Å². The zero-order chi connectivity index (χ0) is 19.0. The van der Waals surface area contributed by atoms with Gasteiger partial charge in [0.2, 0.25) is 5.91 Å². The number of carbonyl (C=O) groups is 1. The summed E-state index contributed by atoms with van der Waals surface area (Å²) >= 11 is 0. The minimum atomic E-state index is -0.237. The summed E-state index contributed by atoms with van der Waals surface area (Å²) in [6, 6.07) is 0. The van der Waals surface area contributed by atoms with Gasteiger partial charge in [0.25, 0.3) is 5.78 Å². The second-order valence-electron chi connectivity index (χ2n) is 7.73. The third kappa shape index (κ3) is 3.55. The van der Waals surface area contributed by atoms with E-state index in [4.69, 9.17) is 9.47 Å². The molecule has 0 saturated carbocycles. The molecule has 2 fully saturated rings. The number of aromatic nitrogens is 4. The molecule has 8 nitrogen and oxygen atoms in total. The number of morpholine rings is 1. The average Bonchev–Trinajstić information content (AvgIpc) is 3.09. The summed E-state index contributed by atoms with van der Waals surface area (Å²) in [7, 11) is 0. The molecule has 0 aliphatic carbocycles. The molecule has 0 N–H and O–H groups in total. The van der Waals surface area contributed by atoms with Gasteiger partial charge in [-0.25, -0.2) is 9.50 Å². The maximum absolute atomic E-state index is 13.0. The predicted octanol–water partition coefficient (Wildman–Crippen LogP) is 1.47. The normalized spacial score (nSPS) is 22.5. The van der Waals surface area contributed by atoms with Gasteiger partial charge < -0.3 is 14.4 Å². The fourth-order valence-corrected chi connectivity index (χ4v) is 4.34. The summed E-state index contributed by atoms with van der Waals surface area (Å²) in [6.07, 6.45) is 4.38. The van der Waals surface area contributed by atoms with Gasteiger partial charge in [0, 0.05) is 57.0 Å². The van der Waals surface area contributed by atoms with Gasteiger partial charge in [-0.3, -0.25) is 4.79 Å². The molecule has 146 valence electrons. The smallest absolute Gasteiger partial charge is 0.252 e. The van der Waals surface area contributed by atoms with Gasteiger partial charge in [0.1, 0.15) is 6.33 Å². The Bertz CT molecular complexity index is 843. The molecule has 2 aliphatic rings. The van der Waals surface area contributed by atoms with E-state index in [9.17, 15) is 4.79 Å². The van der Waals surface area contributed by atoms with Gasteiger partial charge in [0.15, 0.2) is 0 Å². The van der Waals surface area contributed by atoms with Crippen LogP contribution < -0.4 is 0 Å². The Kier molecular flexibility index (Phi) is 4.86. The first kappa shape index (κ1) is 18.3. The molecule has 1 atom stereocenters. The highest BCUT2D eigenvalue weighted by atomic mass is 16.5. The SMILES string of the molecule is Cc1nc2ncnn2c(C)c1CCC(=O)N1CC(C)OC2(CCOCC2)C1. The molecule has 2 saturated heterocycles. The van der Waals surface area contributed by atoms with Crippen LogP contribution in [0.1, 0.15) is 43.1 Å². The van der Waals surface area contributed by atoms with Gasteiger partial charge in [-0.2, -0.15) is 10.1 Å². The summed E-state index contributed by atoms with van der Waals surface area (Å²) in [5.74, 6) is 0.775. The molecule has 0 bridgehead atoms. The molecule has 1 spiro atoms. The lowest BCUT2D eigenvalue weighted by atomic mass is 9.91. The quantitative estimate of drug-likeness (QED) is 0.810. The molecule has 1 unspecified atom stereocenters. The van der Waals surface area contributed by atoms with Crippen molar-refractivity contribution in [3.8, 4) is 0 Å². The van der Waals surface area contributed by atoms with E-state index >= 15 is 0 Å². The molecule has 4 rings (SSSR count). The van der Waals surface area contributed by atoms with Crippen molar-refractivity contribution in [3.63, 3.8) is 0 Å². The molecule has 1 amide bonds. The predicted molar refractivity (Wildman–Crippen MR) is 98.5 cm³/mol. The Morgan fingerprint density at radius 1 is 1.33 bits per heavy atom. The van der Waals surface area contributed by atoms with Crippen LogP contribution in [-0.2, 0) is 20.7 Å². The molecule has 2 aromatic rings. The van der Waals surface area contributed by atoms with Crippen LogP contribution in [0.4, 0.5) is 0 Å². The minimum absolute atomic E-state index is 0.0532. The summed E-state index contributed by atoms with van der Waals surface area (Å²) in [5.41, 5.74) is 2.75. The van der Waals surface area contributed by atoms with Gasteiger partial charge in [0.05, 0.1) is 11.7 Å². The summed E-state index contributed by atoms with van der Waals surface area (Å²) in [4.78, 5) is 23.6. The Morgan fingerprint density at radius 2 is 2.11 bits per heavy atom. The van der Waals surface area contributed by atoms with Crippen LogP contribution in [0.15, 0.2) is 6.33 Å². The largest absolute Gasteiger partial charge is 0.381 e. The van der Waals surface area contributed by atoms with Gasteiger partial charge in [-0.05, 0) is 32.8 Å². The average molecular weight is 373 g/mol. The monoisotopic (exact) mass is 373 g/mol. The second kappa shape index (κ2) is 7.16. The molecular weight excluding hydrogens is 346 g/mol. The number of hydrogen-bond donors (Lipinski definition) is 0. The number of nitrogens with zero attached hydrogens (tertiary/aromatic N) is 5. The molecule has 0 aromatic carbocycles. The van der Waals surface area contributed by atoms with Crippen LogP contribution in [-0.4, -0.2) is 68.4 Å². The van der Waals surface area contributed by atoms with Crippen LogP contribution in [0.3, 0.4) is 0 Å². The van der Waals surface area contributed by atoms with E-state index < -0.39 is 0 Å². The van der Waals surface area contributed by atoms with Crippen LogP contribution in [0.25, 0.3) is 5.78 Å². The zero-order valence-corrected chi connectivity index (χ0v) is 16.3. The molecule has 2 aliphatic heterocycles. The highest BCUT2D eigenvalue weighted by Crippen LogP contribution is 2.31. The number of carbonyl (C=O) groups excluding carboxylic acids is 1. The maximum Gasteiger partial charge on any atom is 0.252 e. The standard InChI is InChI=1S/C19H27N5O3/c1-13-10-23(11-19(27-13)6-8-26-9-7-19)17(25)5-4-16-14(2)22-18-20-12-21-24(18)15(16)3/h12-13H,4-11H2,1-3H3. The van der Waals surface area contributed by atoms with E-state index in [-0.39, 0.29) is 17.6 Å². The number of hydrogen-bond acceptors (Lipinski definition) is 6. The first-order valence-electron chi connectivity index (χ1n) is 9.67. The van der Waals surface area contributed by atoms with E-state index in [0.29, 0.717) is 44.9 Å². The van der Waals surface area contributed by atoms with E-state index in [1.807, 2.05) is 25.7 Å². The first-order valence-corrected chi connectivity index (χ1v) is 9.67. The summed E-state index contributed by atoms with van der Waals surface area (Å²) in [6.45, 7) is 8.75. The van der Waals surface area contributed by atoms with E-state index in [2.05, 4.69) is 15.1 Å². The Labute approximate surface area is 158 Å². The lowest BCUT2D eigenvalue weighted by molar-refractivity contribution is -0.189.